The lowest BCUT2D eigenvalue weighted by atomic mass is 10.1. The fourth-order valence-electron chi connectivity index (χ4n) is 2.59. The highest BCUT2D eigenvalue weighted by Gasteiger charge is 2.18. The normalized spacial score (nSPS) is 18.4. The van der Waals surface area contributed by atoms with Crippen LogP contribution in [0.1, 0.15) is 37.5 Å². The molecule has 0 aliphatic carbocycles. The molecule has 21 heavy (non-hydrogen) atoms. The van der Waals surface area contributed by atoms with Gasteiger partial charge in [0, 0.05) is 31.1 Å². The number of nitrogens with zero attached hydrogens (tertiary/aromatic N) is 2. The van der Waals surface area contributed by atoms with E-state index in [1.165, 1.54) is 6.42 Å². The van der Waals surface area contributed by atoms with E-state index in [4.69, 9.17) is 9.47 Å². The van der Waals surface area contributed by atoms with Crippen LogP contribution >= 0.6 is 0 Å². The van der Waals surface area contributed by atoms with Gasteiger partial charge < -0.3 is 9.47 Å². The summed E-state index contributed by atoms with van der Waals surface area (Å²) in [6.45, 7) is 1.50. The van der Waals surface area contributed by atoms with E-state index in [9.17, 15) is 0 Å². The molecule has 1 fully saturated rings. The van der Waals surface area contributed by atoms with Crippen molar-refractivity contribution < 1.29 is 9.47 Å². The van der Waals surface area contributed by atoms with Crippen molar-refractivity contribution >= 4 is 10.9 Å². The second kappa shape index (κ2) is 6.75. The van der Waals surface area contributed by atoms with Gasteiger partial charge in [0.2, 0.25) is 0 Å². The number of aromatic nitrogens is 2. The van der Waals surface area contributed by atoms with Crippen molar-refractivity contribution in [2.24, 2.45) is 0 Å². The molecule has 1 atom stereocenters. The van der Waals surface area contributed by atoms with E-state index in [0.29, 0.717) is 6.61 Å². The van der Waals surface area contributed by atoms with Crippen LogP contribution in [0.4, 0.5) is 0 Å². The van der Waals surface area contributed by atoms with Crippen LogP contribution in [0, 0.1) is 11.8 Å². The first-order valence-electron chi connectivity index (χ1n) is 7.45. The summed E-state index contributed by atoms with van der Waals surface area (Å²) < 4.78 is 12.8. The van der Waals surface area contributed by atoms with Crippen LogP contribution in [0.3, 0.4) is 0 Å². The fraction of sp³-hybridized carbons (Fsp3) is 0.471. The quantitative estimate of drug-likeness (QED) is 0.642. The summed E-state index contributed by atoms with van der Waals surface area (Å²) in [7, 11) is 1.69. The Morgan fingerprint density at radius 2 is 2.38 bits per heavy atom. The number of fused-ring (bicyclic) bond motifs is 1. The lowest BCUT2D eigenvalue weighted by Crippen LogP contribution is -2.18. The van der Waals surface area contributed by atoms with Crippen LogP contribution < -0.4 is 0 Å². The number of ether oxygens (including phenoxy) is 2. The Morgan fingerprint density at radius 3 is 3.19 bits per heavy atom. The van der Waals surface area contributed by atoms with Crippen LogP contribution in [0.2, 0.25) is 0 Å². The molecule has 0 N–H and O–H groups in total. The maximum atomic E-state index is 5.81. The SMILES string of the molecule is COCCC#Cc1ccc2c(cnn2C2CCCCO2)c1. The Labute approximate surface area is 125 Å². The van der Waals surface area contributed by atoms with Gasteiger partial charge in [-0.3, -0.25) is 0 Å². The molecule has 2 aromatic rings. The first-order chi connectivity index (χ1) is 10.4. The second-order valence-electron chi connectivity index (χ2n) is 5.23. The van der Waals surface area contributed by atoms with Gasteiger partial charge in [0.15, 0.2) is 6.23 Å². The average Bonchev–Trinajstić information content (AvgIpc) is 2.95. The standard InChI is InChI=1S/C17H20N2O2/c1-20-10-4-2-6-14-8-9-16-15(12-14)13-18-19(16)17-7-3-5-11-21-17/h8-9,12-13,17H,3-5,7,10-11H2,1H3. The predicted octanol–water partition coefficient (Wildman–Crippen LogP) is 3.12. The van der Waals surface area contributed by atoms with Gasteiger partial charge in [0.25, 0.3) is 0 Å². The van der Waals surface area contributed by atoms with E-state index in [-0.39, 0.29) is 6.23 Å². The minimum Gasteiger partial charge on any atom is -0.384 e. The topological polar surface area (TPSA) is 36.3 Å². The number of methoxy groups -OCH3 is 1. The molecule has 1 aliphatic heterocycles. The third kappa shape index (κ3) is 3.26. The maximum Gasteiger partial charge on any atom is 0.150 e. The van der Waals surface area contributed by atoms with Crippen molar-refractivity contribution in [3.63, 3.8) is 0 Å². The highest BCUT2D eigenvalue weighted by atomic mass is 16.5. The summed E-state index contributed by atoms with van der Waals surface area (Å²) >= 11 is 0. The predicted molar refractivity (Wildman–Crippen MR) is 81.9 cm³/mol. The molecular formula is C17H20N2O2. The van der Waals surface area contributed by atoms with Crippen molar-refractivity contribution in [3.05, 3.63) is 30.0 Å². The molecule has 1 aromatic heterocycles. The number of hydrogen-bond acceptors (Lipinski definition) is 3. The van der Waals surface area contributed by atoms with Crippen molar-refractivity contribution in [2.75, 3.05) is 20.3 Å². The fourth-order valence-corrected chi connectivity index (χ4v) is 2.59. The van der Waals surface area contributed by atoms with Gasteiger partial charge in [-0.15, -0.1) is 0 Å². The number of hydrogen-bond donors (Lipinski definition) is 0. The lowest BCUT2D eigenvalue weighted by molar-refractivity contribution is -0.0366. The third-order valence-electron chi connectivity index (χ3n) is 3.69. The van der Waals surface area contributed by atoms with Crippen LogP contribution in [0.15, 0.2) is 24.4 Å². The molecule has 0 bridgehead atoms. The molecule has 2 heterocycles. The van der Waals surface area contributed by atoms with Crippen LogP contribution in [0.5, 0.6) is 0 Å². The second-order valence-corrected chi connectivity index (χ2v) is 5.23. The van der Waals surface area contributed by atoms with E-state index in [0.717, 1.165) is 42.3 Å². The van der Waals surface area contributed by atoms with Gasteiger partial charge in [-0.1, -0.05) is 11.8 Å². The van der Waals surface area contributed by atoms with Crippen LogP contribution in [-0.2, 0) is 9.47 Å². The first kappa shape index (κ1) is 14.1. The Bertz CT molecular complexity index is 660. The first-order valence-corrected chi connectivity index (χ1v) is 7.45. The molecule has 110 valence electrons. The molecule has 0 radical (unpaired) electrons. The highest BCUT2D eigenvalue weighted by Crippen LogP contribution is 2.26. The number of rotatable bonds is 3. The van der Waals surface area contributed by atoms with Gasteiger partial charge in [-0.25, -0.2) is 4.68 Å². The average molecular weight is 284 g/mol. The van der Waals surface area contributed by atoms with E-state index in [1.54, 1.807) is 7.11 Å². The highest BCUT2D eigenvalue weighted by molar-refractivity contribution is 5.80. The van der Waals surface area contributed by atoms with Crippen molar-refractivity contribution in [3.8, 4) is 11.8 Å². The zero-order valence-electron chi connectivity index (χ0n) is 12.3. The molecule has 0 saturated carbocycles. The minimum absolute atomic E-state index is 0.0786. The van der Waals surface area contributed by atoms with Crippen molar-refractivity contribution in [1.82, 2.24) is 9.78 Å². The smallest absolute Gasteiger partial charge is 0.150 e. The Kier molecular flexibility index (Phi) is 4.54. The monoisotopic (exact) mass is 284 g/mol. The molecule has 4 nitrogen and oxygen atoms in total. The van der Waals surface area contributed by atoms with Crippen molar-refractivity contribution in [1.29, 1.82) is 0 Å². The minimum atomic E-state index is 0.0786. The van der Waals surface area contributed by atoms with Crippen LogP contribution in [-0.4, -0.2) is 30.1 Å². The zero-order chi connectivity index (χ0) is 14.5. The zero-order valence-corrected chi connectivity index (χ0v) is 12.3. The van der Waals surface area contributed by atoms with E-state index in [1.807, 2.05) is 16.9 Å². The van der Waals surface area contributed by atoms with Gasteiger partial charge in [-0.2, -0.15) is 5.10 Å². The van der Waals surface area contributed by atoms with E-state index < -0.39 is 0 Å². The molecule has 3 rings (SSSR count). The van der Waals surface area contributed by atoms with Crippen LogP contribution in [0.25, 0.3) is 10.9 Å². The molecule has 0 amide bonds. The Morgan fingerprint density at radius 1 is 1.43 bits per heavy atom. The Balaban J connectivity index is 1.81. The maximum absolute atomic E-state index is 5.81. The van der Waals surface area contributed by atoms with Gasteiger partial charge >= 0.3 is 0 Å². The summed E-state index contributed by atoms with van der Waals surface area (Å²) in [5.41, 5.74) is 2.13. The molecule has 1 aliphatic rings. The molecule has 4 heteroatoms. The molecular weight excluding hydrogens is 264 g/mol. The van der Waals surface area contributed by atoms with Gasteiger partial charge in [-0.05, 0) is 37.5 Å². The summed E-state index contributed by atoms with van der Waals surface area (Å²) in [6, 6.07) is 6.21. The van der Waals surface area contributed by atoms with Gasteiger partial charge in [0.05, 0.1) is 18.3 Å². The summed E-state index contributed by atoms with van der Waals surface area (Å²) in [6.07, 6.45) is 6.12. The lowest BCUT2D eigenvalue weighted by Gasteiger charge is -2.23. The molecule has 0 spiro atoms. The third-order valence-corrected chi connectivity index (χ3v) is 3.69. The van der Waals surface area contributed by atoms with E-state index >= 15 is 0 Å². The summed E-state index contributed by atoms with van der Waals surface area (Å²) in [4.78, 5) is 0. The summed E-state index contributed by atoms with van der Waals surface area (Å²) in [5, 5.41) is 5.61. The van der Waals surface area contributed by atoms with E-state index in [2.05, 4.69) is 29.1 Å². The molecule has 1 saturated heterocycles. The largest absolute Gasteiger partial charge is 0.384 e. The van der Waals surface area contributed by atoms with Gasteiger partial charge in [0.1, 0.15) is 0 Å². The Hall–Kier alpha value is -1.83. The summed E-state index contributed by atoms with van der Waals surface area (Å²) in [5.74, 6) is 6.27. The van der Waals surface area contributed by atoms with Crippen molar-refractivity contribution in [2.45, 2.75) is 31.9 Å². The number of benzene rings is 1. The molecule has 1 aromatic carbocycles. The molecule has 1 unspecified atom stereocenters.